The molecule has 1 aliphatic rings. The van der Waals surface area contributed by atoms with E-state index >= 15 is 0 Å². The maximum Gasteiger partial charge on any atom is 0.221 e. The summed E-state index contributed by atoms with van der Waals surface area (Å²) in [4.78, 5) is 11.5. The van der Waals surface area contributed by atoms with E-state index in [0.29, 0.717) is 27.7 Å². The van der Waals surface area contributed by atoms with E-state index in [2.05, 4.69) is 10.6 Å². The van der Waals surface area contributed by atoms with E-state index in [9.17, 15) is 4.79 Å². The van der Waals surface area contributed by atoms with Crippen LogP contribution in [0.5, 0.6) is 0 Å². The second-order valence-corrected chi connectivity index (χ2v) is 6.83. The van der Waals surface area contributed by atoms with Gasteiger partial charge in [0.15, 0.2) is 0 Å². The number of hydrogen-bond acceptors (Lipinski definition) is 3. The molecule has 0 aliphatic heterocycles. The van der Waals surface area contributed by atoms with Crippen LogP contribution in [-0.2, 0) is 4.79 Å². The molecule has 1 amide bonds. The zero-order chi connectivity index (χ0) is 13.1. The first-order chi connectivity index (χ1) is 8.56. The summed E-state index contributed by atoms with van der Waals surface area (Å²) in [5.74, 6) is 0.117. The Balaban J connectivity index is 1.72. The third kappa shape index (κ3) is 4.12. The zero-order valence-corrected chi connectivity index (χ0v) is 12.5. The van der Waals surface area contributed by atoms with Crippen LogP contribution in [0.3, 0.4) is 0 Å². The summed E-state index contributed by atoms with van der Waals surface area (Å²) in [5.41, 5.74) is 0.995. The summed E-state index contributed by atoms with van der Waals surface area (Å²) in [6.07, 6.45) is 2.74. The van der Waals surface area contributed by atoms with Gasteiger partial charge >= 0.3 is 0 Å². The van der Waals surface area contributed by atoms with Crippen molar-refractivity contribution < 1.29 is 4.79 Å². The van der Waals surface area contributed by atoms with Crippen LogP contribution in [0.25, 0.3) is 0 Å². The highest BCUT2D eigenvalue weighted by Gasteiger charge is 2.22. The van der Waals surface area contributed by atoms with E-state index in [4.69, 9.17) is 23.2 Å². The Morgan fingerprint density at radius 3 is 2.83 bits per heavy atom. The summed E-state index contributed by atoms with van der Waals surface area (Å²) in [6, 6.07) is 2.41. The first-order valence-corrected chi connectivity index (χ1v) is 7.61. The van der Waals surface area contributed by atoms with Gasteiger partial charge in [0.1, 0.15) is 0 Å². The smallest absolute Gasteiger partial charge is 0.221 e. The molecule has 1 aromatic heterocycles. The van der Waals surface area contributed by atoms with Crippen molar-refractivity contribution in [3.63, 3.8) is 0 Å². The monoisotopic (exact) mass is 306 g/mol. The van der Waals surface area contributed by atoms with Gasteiger partial charge in [0, 0.05) is 25.0 Å². The molecule has 1 heterocycles. The molecular weight excluding hydrogens is 291 g/mol. The van der Waals surface area contributed by atoms with Gasteiger partial charge < -0.3 is 10.6 Å². The molecule has 1 aliphatic carbocycles. The second kappa shape index (κ2) is 6.24. The van der Waals surface area contributed by atoms with Crippen molar-refractivity contribution in [1.29, 1.82) is 0 Å². The van der Waals surface area contributed by atoms with Crippen molar-refractivity contribution in [3.05, 3.63) is 20.3 Å². The SMILES string of the molecule is CC(NCCC(=O)NC1CC1)c1cc(Cl)sc1Cl. The number of thiophene rings is 1. The molecule has 0 bridgehead atoms. The Morgan fingerprint density at radius 2 is 2.28 bits per heavy atom. The molecule has 1 saturated carbocycles. The van der Waals surface area contributed by atoms with Gasteiger partial charge in [-0.05, 0) is 31.4 Å². The van der Waals surface area contributed by atoms with Gasteiger partial charge in [-0.3, -0.25) is 4.79 Å². The van der Waals surface area contributed by atoms with E-state index < -0.39 is 0 Å². The van der Waals surface area contributed by atoms with Crippen LogP contribution in [0.15, 0.2) is 6.07 Å². The van der Waals surface area contributed by atoms with Crippen LogP contribution in [0.1, 0.15) is 37.8 Å². The highest BCUT2D eigenvalue weighted by molar-refractivity contribution is 7.20. The van der Waals surface area contributed by atoms with Crippen LogP contribution < -0.4 is 10.6 Å². The lowest BCUT2D eigenvalue weighted by Gasteiger charge is -2.13. The lowest BCUT2D eigenvalue weighted by Crippen LogP contribution is -2.30. The number of carbonyl (C=O) groups is 1. The molecule has 1 unspecified atom stereocenters. The number of carbonyl (C=O) groups excluding carboxylic acids is 1. The van der Waals surface area contributed by atoms with E-state index in [1.165, 1.54) is 11.3 Å². The Morgan fingerprint density at radius 1 is 1.56 bits per heavy atom. The molecule has 2 N–H and O–H groups in total. The summed E-state index contributed by atoms with van der Waals surface area (Å²) in [5, 5.41) is 6.24. The van der Waals surface area contributed by atoms with Gasteiger partial charge in [0.25, 0.3) is 0 Å². The molecule has 3 nitrogen and oxygen atoms in total. The molecule has 0 radical (unpaired) electrons. The number of rotatable bonds is 6. The number of halogens is 2. The van der Waals surface area contributed by atoms with Gasteiger partial charge in [-0.2, -0.15) is 0 Å². The Kier molecular flexibility index (Phi) is 4.90. The third-order valence-electron chi connectivity index (χ3n) is 2.89. The zero-order valence-electron chi connectivity index (χ0n) is 10.1. The minimum absolute atomic E-state index is 0.106. The van der Waals surface area contributed by atoms with Crippen molar-refractivity contribution >= 4 is 40.4 Å². The molecule has 2 rings (SSSR count). The van der Waals surface area contributed by atoms with E-state index in [-0.39, 0.29) is 11.9 Å². The normalized spacial score (nSPS) is 16.6. The van der Waals surface area contributed by atoms with Crippen LogP contribution in [-0.4, -0.2) is 18.5 Å². The van der Waals surface area contributed by atoms with Crippen LogP contribution in [0.4, 0.5) is 0 Å². The largest absolute Gasteiger partial charge is 0.353 e. The number of amides is 1. The van der Waals surface area contributed by atoms with Gasteiger partial charge in [-0.25, -0.2) is 0 Å². The third-order valence-corrected chi connectivity index (χ3v) is 4.41. The number of hydrogen-bond donors (Lipinski definition) is 2. The molecule has 0 saturated heterocycles. The van der Waals surface area contributed by atoms with Crippen molar-refractivity contribution in [3.8, 4) is 0 Å². The minimum Gasteiger partial charge on any atom is -0.353 e. The summed E-state index contributed by atoms with van der Waals surface area (Å²) in [6.45, 7) is 2.66. The van der Waals surface area contributed by atoms with Crippen LogP contribution >= 0.6 is 34.5 Å². The molecule has 18 heavy (non-hydrogen) atoms. The summed E-state index contributed by atoms with van der Waals surface area (Å²) < 4.78 is 1.40. The fourth-order valence-corrected chi connectivity index (χ4v) is 3.33. The second-order valence-electron chi connectivity index (χ2n) is 4.55. The highest BCUT2D eigenvalue weighted by Crippen LogP contribution is 2.34. The molecule has 100 valence electrons. The van der Waals surface area contributed by atoms with E-state index in [0.717, 1.165) is 18.4 Å². The maximum atomic E-state index is 11.5. The summed E-state index contributed by atoms with van der Waals surface area (Å²) in [7, 11) is 0. The van der Waals surface area contributed by atoms with E-state index in [1.54, 1.807) is 0 Å². The first kappa shape index (κ1) is 14.1. The average Bonchev–Trinajstić information content (AvgIpc) is 3.02. The Hall–Kier alpha value is -0.290. The van der Waals surface area contributed by atoms with E-state index in [1.807, 2.05) is 13.0 Å². The van der Waals surface area contributed by atoms with Crippen molar-refractivity contribution in [2.45, 2.75) is 38.3 Å². The number of nitrogens with one attached hydrogen (secondary N) is 2. The Labute approximate surface area is 121 Å². The minimum atomic E-state index is 0.106. The maximum absolute atomic E-state index is 11.5. The predicted molar refractivity (Wildman–Crippen MR) is 76.5 cm³/mol. The van der Waals surface area contributed by atoms with Crippen molar-refractivity contribution in [2.24, 2.45) is 0 Å². The standard InChI is InChI=1S/C12H16Cl2N2OS/c1-7(9-6-10(13)18-12(9)14)15-5-4-11(17)16-8-2-3-8/h6-8,15H,2-5H2,1H3,(H,16,17). The quantitative estimate of drug-likeness (QED) is 0.846. The molecule has 0 aromatic carbocycles. The predicted octanol–water partition coefficient (Wildman–Crippen LogP) is 3.37. The lowest BCUT2D eigenvalue weighted by atomic mass is 10.2. The fourth-order valence-electron chi connectivity index (χ4n) is 1.69. The van der Waals surface area contributed by atoms with Gasteiger partial charge in [0.05, 0.1) is 8.67 Å². The molecular formula is C12H16Cl2N2OS. The van der Waals surface area contributed by atoms with Crippen molar-refractivity contribution in [1.82, 2.24) is 10.6 Å². The average molecular weight is 307 g/mol. The van der Waals surface area contributed by atoms with Gasteiger partial charge in [-0.15, -0.1) is 11.3 Å². The first-order valence-electron chi connectivity index (χ1n) is 6.03. The van der Waals surface area contributed by atoms with Crippen LogP contribution in [0, 0.1) is 0 Å². The Bertz CT molecular complexity index is 432. The molecule has 6 heteroatoms. The molecule has 0 spiro atoms. The highest BCUT2D eigenvalue weighted by atomic mass is 35.5. The van der Waals surface area contributed by atoms with Crippen molar-refractivity contribution in [2.75, 3.05) is 6.54 Å². The van der Waals surface area contributed by atoms with Crippen LogP contribution in [0.2, 0.25) is 8.67 Å². The molecule has 1 fully saturated rings. The molecule has 1 aromatic rings. The summed E-state index contributed by atoms with van der Waals surface area (Å²) >= 11 is 13.3. The topological polar surface area (TPSA) is 41.1 Å². The lowest BCUT2D eigenvalue weighted by molar-refractivity contribution is -0.121. The van der Waals surface area contributed by atoms with Gasteiger partial charge in [-0.1, -0.05) is 23.2 Å². The fraction of sp³-hybridized carbons (Fsp3) is 0.583. The molecule has 1 atom stereocenters. The van der Waals surface area contributed by atoms with Gasteiger partial charge in [0.2, 0.25) is 5.91 Å².